The fourth-order valence-electron chi connectivity index (χ4n) is 3.44. The van der Waals surface area contributed by atoms with Gasteiger partial charge in [-0.2, -0.15) is 0 Å². The largest absolute Gasteiger partial charge is 0.293 e. The normalized spacial score (nSPS) is 17.3. The molecule has 1 atom stereocenters. The fourth-order valence-corrected chi connectivity index (χ4v) is 5.33. The maximum Gasteiger partial charge on any atom is 0.247 e. The molecule has 0 saturated carbocycles. The van der Waals surface area contributed by atoms with E-state index in [1.165, 1.54) is 17.2 Å². The third-order valence-electron chi connectivity index (χ3n) is 4.64. The van der Waals surface area contributed by atoms with E-state index in [1.54, 1.807) is 6.07 Å². The van der Waals surface area contributed by atoms with E-state index in [-0.39, 0.29) is 9.99 Å². The number of primary sulfonamides is 1. The molecule has 1 aromatic carbocycles. The van der Waals surface area contributed by atoms with Crippen LogP contribution in [0.1, 0.15) is 58.8 Å². The van der Waals surface area contributed by atoms with Crippen LogP contribution >= 0.6 is 22.9 Å². The van der Waals surface area contributed by atoms with Crippen molar-refractivity contribution in [1.82, 2.24) is 0 Å². The highest BCUT2D eigenvalue weighted by Crippen LogP contribution is 2.36. The molecule has 0 saturated heterocycles. The Bertz CT molecular complexity index is 889. The third-order valence-corrected chi connectivity index (χ3v) is 7.44. The number of hydrogen-bond donors (Lipinski definition) is 1. The summed E-state index contributed by atoms with van der Waals surface area (Å²) in [6, 6.07) is 9.04. The Kier molecular flexibility index (Phi) is 5.63. The minimum Gasteiger partial charge on any atom is -0.293 e. The molecule has 0 fully saturated rings. The summed E-state index contributed by atoms with van der Waals surface area (Å²) in [6.07, 6.45) is 5.51. The average Bonchev–Trinajstić information content (AvgIpc) is 3.05. The first kappa shape index (κ1) is 18.6. The Morgan fingerprint density at radius 3 is 2.80 bits per heavy atom. The third kappa shape index (κ3) is 4.50. The lowest BCUT2D eigenvalue weighted by Gasteiger charge is -2.25. The van der Waals surface area contributed by atoms with Crippen LogP contribution in [0.25, 0.3) is 0 Å². The van der Waals surface area contributed by atoms with Gasteiger partial charge in [-0.05, 0) is 73.4 Å². The molecule has 4 nitrogen and oxygen atoms in total. The van der Waals surface area contributed by atoms with Gasteiger partial charge in [-0.1, -0.05) is 17.7 Å². The number of carbonyl (C=O) groups is 1. The van der Waals surface area contributed by atoms with E-state index < -0.39 is 10.0 Å². The Morgan fingerprint density at radius 1 is 1.28 bits per heavy atom. The number of ketones is 1. The second-order valence-corrected chi connectivity index (χ2v) is 9.72. The van der Waals surface area contributed by atoms with Gasteiger partial charge in [0, 0.05) is 11.4 Å². The summed E-state index contributed by atoms with van der Waals surface area (Å²) >= 11 is 7.02. The first-order valence-electron chi connectivity index (χ1n) is 8.29. The van der Waals surface area contributed by atoms with Gasteiger partial charge >= 0.3 is 0 Å². The fraction of sp³-hybridized carbons (Fsp3) is 0.389. The van der Waals surface area contributed by atoms with Crippen molar-refractivity contribution in [3.05, 3.63) is 51.4 Å². The average molecular weight is 398 g/mol. The van der Waals surface area contributed by atoms with Crippen LogP contribution in [0.5, 0.6) is 0 Å². The van der Waals surface area contributed by atoms with Crippen LogP contribution in [0.3, 0.4) is 0 Å². The first-order valence-corrected chi connectivity index (χ1v) is 11.0. The van der Waals surface area contributed by atoms with Gasteiger partial charge in [-0.25, -0.2) is 13.6 Å². The molecule has 0 aliphatic heterocycles. The summed E-state index contributed by atoms with van der Waals surface area (Å²) in [5.41, 5.74) is 2.68. The molecule has 134 valence electrons. The number of benzene rings is 1. The number of hydrogen-bond acceptors (Lipinski definition) is 4. The van der Waals surface area contributed by atoms with Crippen LogP contribution in [0.4, 0.5) is 0 Å². The van der Waals surface area contributed by atoms with Crippen molar-refractivity contribution in [3.8, 4) is 0 Å². The molecule has 0 bridgehead atoms. The Labute approximate surface area is 157 Å². The van der Waals surface area contributed by atoms with Crippen molar-refractivity contribution in [2.24, 2.45) is 5.14 Å². The van der Waals surface area contributed by atoms with Gasteiger partial charge in [0.05, 0.1) is 4.88 Å². The standard InChI is InChI=1S/C18H20ClNO3S2/c19-14-7-8-15-12(3-1-5-13(15)11-14)4-2-6-16(21)17-9-10-18(24-17)25(20,22)23/h7-12H,1-6H2,(H2,20,22,23). The Balaban J connectivity index is 1.59. The number of Topliss-reactive ketones (excluding diaryl/α,β-unsaturated/α-hetero) is 1. The van der Waals surface area contributed by atoms with Gasteiger partial charge in [0.2, 0.25) is 10.0 Å². The van der Waals surface area contributed by atoms with Crippen molar-refractivity contribution in [3.63, 3.8) is 0 Å². The lowest BCUT2D eigenvalue weighted by molar-refractivity contribution is 0.0982. The number of halogens is 1. The van der Waals surface area contributed by atoms with E-state index >= 15 is 0 Å². The molecule has 1 aromatic heterocycles. The molecule has 2 aromatic rings. The van der Waals surface area contributed by atoms with E-state index in [0.717, 1.165) is 48.5 Å². The van der Waals surface area contributed by atoms with Crippen LogP contribution in [0.2, 0.25) is 5.02 Å². The topological polar surface area (TPSA) is 77.2 Å². The molecule has 1 heterocycles. The summed E-state index contributed by atoms with van der Waals surface area (Å²) < 4.78 is 22.6. The number of thiophene rings is 1. The minimum absolute atomic E-state index is 0.0213. The number of nitrogens with two attached hydrogens (primary N) is 1. The first-order chi connectivity index (χ1) is 11.8. The van der Waals surface area contributed by atoms with Gasteiger partial charge in [0.15, 0.2) is 5.78 Å². The minimum atomic E-state index is -3.73. The van der Waals surface area contributed by atoms with Crippen LogP contribution < -0.4 is 5.14 Å². The number of aryl methyl sites for hydroxylation is 1. The molecule has 1 aliphatic carbocycles. The summed E-state index contributed by atoms with van der Waals surface area (Å²) in [6.45, 7) is 0. The van der Waals surface area contributed by atoms with Gasteiger partial charge in [0.1, 0.15) is 4.21 Å². The zero-order chi connectivity index (χ0) is 18.0. The maximum absolute atomic E-state index is 12.3. The van der Waals surface area contributed by atoms with E-state index in [1.807, 2.05) is 6.07 Å². The van der Waals surface area contributed by atoms with E-state index in [2.05, 4.69) is 12.1 Å². The van der Waals surface area contributed by atoms with E-state index in [9.17, 15) is 13.2 Å². The predicted octanol–water partition coefficient (Wildman–Crippen LogP) is 4.52. The Morgan fingerprint density at radius 2 is 2.08 bits per heavy atom. The number of sulfonamides is 1. The molecular formula is C18H20ClNO3S2. The summed E-state index contributed by atoms with van der Waals surface area (Å²) in [5.74, 6) is 0.448. The Hall–Kier alpha value is -1.21. The highest BCUT2D eigenvalue weighted by atomic mass is 35.5. The van der Waals surface area contributed by atoms with Gasteiger partial charge in [-0.15, -0.1) is 11.3 Å². The monoisotopic (exact) mass is 397 g/mol. The van der Waals surface area contributed by atoms with Crippen molar-refractivity contribution in [2.45, 2.75) is 48.7 Å². The zero-order valence-corrected chi connectivity index (χ0v) is 16.1. The summed E-state index contributed by atoms with van der Waals surface area (Å²) in [4.78, 5) is 12.7. The molecule has 2 N–H and O–H groups in total. The van der Waals surface area contributed by atoms with E-state index in [0.29, 0.717) is 17.2 Å². The molecule has 25 heavy (non-hydrogen) atoms. The van der Waals surface area contributed by atoms with Crippen molar-refractivity contribution >= 4 is 38.7 Å². The predicted molar refractivity (Wildman–Crippen MR) is 101 cm³/mol. The molecule has 1 aliphatic rings. The van der Waals surface area contributed by atoms with Crippen molar-refractivity contribution < 1.29 is 13.2 Å². The number of carbonyl (C=O) groups excluding carboxylic acids is 1. The van der Waals surface area contributed by atoms with E-state index in [4.69, 9.17) is 16.7 Å². The lowest BCUT2D eigenvalue weighted by Crippen LogP contribution is -2.10. The van der Waals surface area contributed by atoms with Crippen LogP contribution in [-0.2, 0) is 16.4 Å². The lowest BCUT2D eigenvalue weighted by atomic mass is 9.80. The van der Waals surface area contributed by atoms with Crippen LogP contribution in [-0.4, -0.2) is 14.2 Å². The van der Waals surface area contributed by atoms with Crippen molar-refractivity contribution in [2.75, 3.05) is 0 Å². The van der Waals surface area contributed by atoms with Gasteiger partial charge in [0.25, 0.3) is 0 Å². The molecule has 0 amide bonds. The van der Waals surface area contributed by atoms with Gasteiger partial charge in [-0.3, -0.25) is 4.79 Å². The highest BCUT2D eigenvalue weighted by molar-refractivity contribution is 7.91. The smallest absolute Gasteiger partial charge is 0.247 e. The number of rotatable bonds is 6. The second-order valence-electron chi connectivity index (χ2n) is 6.41. The van der Waals surface area contributed by atoms with Crippen molar-refractivity contribution in [1.29, 1.82) is 0 Å². The maximum atomic E-state index is 12.3. The quantitative estimate of drug-likeness (QED) is 0.727. The summed E-state index contributed by atoms with van der Waals surface area (Å²) in [7, 11) is -3.73. The molecule has 3 rings (SSSR count). The molecule has 0 radical (unpaired) electrons. The molecule has 1 unspecified atom stereocenters. The molecule has 7 heteroatoms. The highest BCUT2D eigenvalue weighted by Gasteiger charge is 2.21. The SMILES string of the molecule is NS(=O)(=O)c1ccc(C(=O)CCCC2CCCc3cc(Cl)ccc32)s1. The van der Waals surface area contributed by atoms with Crippen LogP contribution in [0.15, 0.2) is 34.5 Å². The second kappa shape index (κ2) is 7.58. The zero-order valence-electron chi connectivity index (χ0n) is 13.7. The molecule has 0 spiro atoms. The molecular weight excluding hydrogens is 378 g/mol. The number of fused-ring (bicyclic) bond motifs is 1. The van der Waals surface area contributed by atoms with Gasteiger partial charge < -0.3 is 0 Å². The van der Waals surface area contributed by atoms with Crippen LogP contribution in [0, 0.1) is 0 Å². The summed E-state index contributed by atoms with van der Waals surface area (Å²) in [5, 5.41) is 5.86.